The van der Waals surface area contributed by atoms with Crippen molar-refractivity contribution >= 4 is 17.5 Å². The fourth-order valence-corrected chi connectivity index (χ4v) is 2.51. The largest absolute Gasteiger partial charge is 0.497 e. The first-order valence-electron chi connectivity index (χ1n) is 8.85. The van der Waals surface area contributed by atoms with Crippen molar-refractivity contribution in [2.45, 2.75) is 32.6 Å². The van der Waals surface area contributed by atoms with Crippen molar-refractivity contribution in [3.8, 4) is 5.75 Å². The topological polar surface area (TPSA) is 67.4 Å². The number of hydrogen-bond donors (Lipinski definition) is 2. The standard InChI is InChI=1S/C21H26N2O3/c1-4-15(2)16-8-10-18(11-9-16)23-20(24)12-13-22-21(25)17-6-5-7-19(14-17)26-3/h5-11,14-15H,4,12-13H2,1-3H3,(H,22,25)(H,23,24). The molecule has 0 saturated heterocycles. The van der Waals surface area contributed by atoms with Gasteiger partial charge in [-0.15, -0.1) is 0 Å². The lowest BCUT2D eigenvalue weighted by Crippen LogP contribution is -2.27. The van der Waals surface area contributed by atoms with Crippen LogP contribution in [0.4, 0.5) is 5.69 Å². The van der Waals surface area contributed by atoms with Gasteiger partial charge in [0.1, 0.15) is 5.75 Å². The van der Waals surface area contributed by atoms with Crippen LogP contribution in [-0.4, -0.2) is 25.5 Å². The lowest BCUT2D eigenvalue weighted by molar-refractivity contribution is -0.116. The number of hydrogen-bond acceptors (Lipinski definition) is 3. The van der Waals surface area contributed by atoms with E-state index in [0.717, 1.165) is 12.1 Å². The number of anilines is 1. The summed E-state index contributed by atoms with van der Waals surface area (Å²) in [5.74, 6) is 0.768. The lowest BCUT2D eigenvalue weighted by atomic mass is 9.99. The van der Waals surface area contributed by atoms with Gasteiger partial charge in [-0.3, -0.25) is 9.59 Å². The maximum Gasteiger partial charge on any atom is 0.251 e. The second-order valence-corrected chi connectivity index (χ2v) is 6.22. The highest BCUT2D eigenvalue weighted by atomic mass is 16.5. The van der Waals surface area contributed by atoms with Gasteiger partial charge in [-0.1, -0.05) is 32.0 Å². The lowest BCUT2D eigenvalue weighted by Gasteiger charge is -2.11. The van der Waals surface area contributed by atoms with Gasteiger partial charge in [0.25, 0.3) is 5.91 Å². The van der Waals surface area contributed by atoms with E-state index in [9.17, 15) is 9.59 Å². The number of ether oxygens (including phenoxy) is 1. The molecule has 0 aliphatic rings. The highest BCUT2D eigenvalue weighted by Crippen LogP contribution is 2.20. The summed E-state index contributed by atoms with van der Waals surface area (Å²) in [7, 11) is 1.55. The minimum atomic E-state index is -0.227. The summed E-state index contributed by atoms with van der Waals surface area (Å²) >= 11 is 0. The van der Waals surface area contributed by atoms with Crippen LogP contribution in [0.1, 0.15) is 48.5 Å². The van der Waals surface area contributed by atoms with E-state index in [-0.39, 0.29) is 24.8 Å². The van der Waals surface area contributed by atoms with Crippen LogP contribution in [0.3, 0.4) is 0 Å². The maximum atomic E-state index is 12.1. The van der Waals surface area contributed by atoms with Gasteiger partial charge in [0.15, 0.2) is 0 Å². The number of nitrogens with one attached hydrogen (secondary N) is 2. The van der Waals surface area contributed by atoms with Crippen LogP contribution in [0.2, 0.25) is 0 Å². The van der Waals surface area contributed by atoms with Gasteiger partial charge in [0.2, 0.25) is 5.91 Å². The first-order chi connectivity index (χ1) is 12.5. The van der Waals surface area contributed by atoms with Gasteiger partial charge >= 0.3 is 0 Å². The Kier molecular flexibility index (Phi) is 7.21. The Morgan fingerprint density at radius 1 is 1.12 bits per heavy atom. The Labute approximate surface area is 154 Å². The average Bonchev–Trinajstić information content (AvgIpc) is 2.67. The third-order valence-corrected chi connectivity index (χ3v) is 4.35. The van der Waals surface area contributed by atoms with Gasteiger partial charge in [-0.05, 0) is 48.2 Å². The van der Waals surface area contributed by atoms with E-state index in [0.29, 0.717) is 17.2 Å². The molecular formula is C21H26N2O3. The molecule has 138 valence electrons. The molecule has 0 aliphatic heterocycles. The van der Waals surface area contributed by atoms with Crippen LogP contribution in [0.5, 0.6) is 5.75 Å². The minimum Gasteiger partial charge on any atom is -0.497 e. The van der Waals surface area contributed by atoms with Crippen molar-refractivity contribution in [3.05, 3.63) is 59.7 Å². The molecule has 5 nitrogen and oxygen atoms in total. The molecule has 0 radical (unpaired) electrons. The van der Waals surface area contributed by atoms with E-state index in [1.54, 1.807) is 31.4 Å². The first-order valence-corrected chi connectivity index (χ1v) is 8.85. The Bertz CT molecular complexity index is 741. The number of benzene rings is 2. The zero-order valence-electron chi connectivity index (χ0n) is 15.5. The number of methoxy groups -OCH3 is 1. The van der Waals surface area contributed by atoms with Crippen molar-refractivity contribution in [2.24, 2.45) is 0 Å². The summed E-state index contributed by atoms with van der Waals surface area (Å²) in [6, 6.07) is 14.8. The van der Waals surface area contributed by atoms with Crippen molar-refractivity contribution in [1.82, 2.24) is 5.32 Å². The molecule has 2 aromatic rings. The summed E-state index contributed by atoms with van der Waals surface area (Å²) < 4.78 is 5.10. The molecule has 1 atom stereocenters. The summed E-state index contributed by atoms with van der Waals surface area (Å²) in [5.41, 5.74) is 2.53. The zero-order chi connectivity index (χ0) is 18.9. The third-order valence-electron chi connectivity index (χ3n) is 4.35. The van der Waals surface area contributed by atoms with Crippen LogP contribution >= 0.6 is 0 Å². The van der Waals surface area contributed by atoms with Crippen LogP contribution in [-0.2, 0) is 4.79 Å². The Morgan fingerprint density at radius 2 is 1.85 bits per heavy atom. The van der Waals surface area contributed by atoms with Crippen molar-refractivity contribution in [1.29, 1.82) is 0 Å². The molecule has 0 spiro atoms. The van der Waals surface area contributed by atoms with Crippen LogP contribution in [0.15, 0.2) is 48.5 Å². The zero-order valence-corrected chi connectivity index (χ0v) is 15.5. The molecule has 0 fully saturated rings. The Morgan fingerprint density at radius 3 is 2.50 bits per heavy atom. The van der Waals surface area contributed by atoms with Crippen molar-refractivity contribution in [3.63, 3.8) is 0 Å². The first kappa shape index (κ1) is 19.5. The van der Waals surface area contributed by atoms with Gasteiger partial charge in [-0.2, -0.15) is 0 Å². The van der Waals surface area contributed by atoms with E-state index in [1.807, 2.05) is 24.3 Å². The molecule has 0 heterocycles. The molecule has 0 aromatic heterocycles. The molecule has 1 unspecified atom stereocenters. The number of rotatable bonds is 8. The van der Waals surface area contributed by atoms with Crippen LogP contribution in [0.25, 0.3) is 0 Å². The van der Waals surface area contributed by atoms with Crippen LogP contribution < -0.4 is 15.4 Å². The summed E-state index contributed by atoms with van der Waals surface area (Å²) in [6.07, 6.45) is 1.29. The number of carbonyl (C=O) groups is 2. The molecular weight excluding hydrogens is 328 g/mol. The molecule has 2 N–H and O–H groups in total. The maximum absolute atomic E-state index is 12.1. The van der Waals surface area contributed by atoms with Gasteiger partial charge < -0.3 is 15.4 Å². The average molecular weight is 354 g/mol. The van der Waals surface area contributed by atoms with Crippen LogP contribution in [0, 0.1) is 0 Å². The van der Waals surface area contributed by atoms with E-state index in [1.165, 1.54) is 5.56 Å². The van der Waals surface area contributed by atoms with Crippen molar-refractivity contribution < 1.29 is 14.3 Å². The van der Waals surface area contributed by atoms with Gasteiger partial charge in [0, 0.05) is 24.2 Å². The molecule has 0 bridgehead atoms. The molecule has 2 rings (SSSR count). The quantitative estimate of drug-likeness (QED) is 0.754. The highest BCUT2D eigenvalue weighted by Gasteiger charge is 2.08. The van der Waals surface area contributed by atoms with E-state index in [4.69, 9.17) is 4.74 Å². The highest BCUT2D eigenvalue weighted by molar-refractivity contribution is 5.95. The number of carbonyl (C=O) groups excluding carboxylic acids is 2. The van der Waals surface area contributed by atoms with Gasteiger partial charge in [0.05, 0.1) is 7.11 Å². The SMILES string of the molecule is CCC(C)c1ccc(NC(=O)CCNC(=O)c2cccc(OC)c2)cc1. The van der Waals surface area contributed by atoms with Crippen molar-refractivity contribution in [2.75, 3.05) is 19.0 Å². The minimum absolute atomic E-state index is 0.132. The predicted octanol–water partition coefficient (Wildman–Crippen LogP) is 3.97. The molecule has 26 heavy (non-hydrogen) atoms. The van der Waals surface area contributed by atoms with Gasteiger partial charge in [-0.25, -0.2) is 0 Å². The third kappa shape index (κ3) is 5.62. The second-order valence-electron chi connectivity index (χ2n) is 6.22. The van der Waals surface area contributed by atoms with E-state index >= 15 is 0 Å². The second kappa shape index (κ2) is 9.61. The Balaban J connectivity index is 1.78. The predicted molar refractivity (Wildman–Crippen MR) is 104 cm³/mol. The van der Waals surface area contributed by atoms with E-state index < -0.39 is 0 Å². The molecule has 0 saturated carbocycles. The molecule has 5 heteroatoms. The summed E-state index contributed by atoms with van der Waals surface area (Å²) in [5, 5.41) is 5.59. The fourth-order valence-electron chi connectivity index (χ4n) is 2.51. The summed E-state index contributed by atoms with van der Waals surface area (Å²) in [6.45, 7) is 4.60. The fraction of sp³-hybridized carbons (Fsp3) is 0.333. The number of amides is 2. The molecule has 2 aromatic carbocycles. The normalized spacial score (nSPS) is 11.5. The molecule has 0 aliphatic carbocycles. The van der Waals surface area contributed by atoms with E-state index in [2.05, 4.69) is 24.5 Å². The smallest absolute Gasteiger partial charge is 0.251 e. The molecule has 2 amide bonds. The summed E-state index contributed by atoms with van der Waals surface area (Å²) in [4.78, 5) is 24.1. The monoisotopic (exact) mass is 354 g/mol. The Hall–Kier alpha value is -2.82.